The maximum absolute atomic E-state index is 12.8. The molecule has 3 atom stereocenters. The van der Waals surface area contributed by atoms with Gasteiger partial charge >= 0.3 is 0 Å². The molecule has 0 radical (unpaired) electrons. The molecule has 6 nitrogen and oxygen atoms in total. The molecule has 3 aliphatic rings. The maximum Gasteiger partial charge on any atom is 0.250 e. The van der Waals surface area contributed by atoms with Gasteiger partial charge in [0.15, 0.2) is 5.54 Å². The average molecular weight is 299 g/mol. The van der Waals surface area contributed by atoms with Crippen molar-refractivity contribution in [2.75, 3.05) is 19.5 Å². The molecule has 0 aromatic heterocycles. The van der Waals surface area contributed by atoms with Crippen molar-refractivity contribution in [2.24, 2.45) is 0 Å². The smallest absolute Gasteiger partial charge is 0.250 e. The van der Waals surface area contributed by atoms with Gasteiger partial charge < -0.3 is 9.64 Å². The Kier molecular flexibility index (Phi) is 3.80. The van der Waals surface area contributed by atoms with Gasteiger partial charge in [0.05, 0.1) is 25.2 Å². The van der Waals surface area contributed by atoms with Crippen LogP contribution in [0.5, 0.6) is 0 Å². The molecule has 0 aromatic rings. The number of nitriles is 1. The van der Waals surface area contributed by atoms with Crippen LogP contribution in [-0.2, 0) is 14.4 Å². The van der Waals surface area contributed by atoms with Crippen molar-refractivity contribution in [3.8, 4) is 6.07 Å². The number of hydroxylamine groups is 2. The van der Waals surface area contributed by atoms with Crippen molar-refractivity contribution in [3.05, 3.63) is 0 Å². The Bertz CT molecular complexity index is 464. The molecule has 1 amide bonds. The molecule has 3 rings (SSSR count). The third-order valence-electron chi connectivity index (χ3n) is 4.11. The first-order chi connectivity index (χ1) is 8.96. The van der Waals surface area contributed by atoms with Gasteiger partial charge in [-0.1, -0.05) is 7.43 Å². The highest BCUT2D eigenvalue weighted by atomic mass is 32.2. The number of hydrogen-bond donors (Lipinski definition) is 0. The molecular formula is C13H21N3O3S. The number of nitrogens with zero attached hydrogens (tertiary/aromatic N) is 3. The molecule has 3 fully saturated rings. The van der Waals surface area contributed by atoms with E-state index in [1.165, 1.54) is 0 Å². The second-order valence-corrected chi connectivity index (χ2v) is 6.80. The average Bonchev–Trinajstić information content (AvgIpc) is 2.95. The molecule has 3 aliphatic heterocycles. The topological polar surface area (TPSA) is 65.8 Å². The number of ether oxygens (including phenoxy) is 1. The van der Waals surface area contributed by atoms with Crippen LogP contribution in [0.2, 0.25) is 0 Å². The summed E-state index contributed by atoms with van der Waals surface area (Å²) in [7, 11) is 1.56. The molecule has 20 heavy (non-hydrogen) atoms. The highest BCUT2D eigenvalue weighted by Gasteiger charge is 2.66. The molecule has 1 spiro atoms. The van der Waals surface area contributed by atoms with Crippen molar-refractivity contribution < 1.29 is 14.4 Å². The van der Waals surface area contributed by atoms with Crippen molar-refractivity contribution in [1.82, 2.24) is 9.96 Å². The largest absolute Gasteiger partial charge is 0.356 e. The Hall–Kier alpha value is -0.810. The minimum Gasteiger partial charge on any atom is -0.356 e. The van der Waals surface area contributed by atoms with Crippen molar-refractivity contribution in [2.45, 2.75) is 50.4 Å². The molecule has 0 saturated carbocycles. The van der Waals surface area contributed by atoms with Crippen LogP contribution in [-0.4, -0.2) is 58.0 Å². The van der Waals surface area contributed by atoms with E-state index in [9.17, 15) is 4.79 Å². The van der Waals surface area contributed by atoms with E-state index in [0.29, 0.717) is 18.8 Å². The van der Waals surface area contributed by atoms with Crippen LogP contribution in [0.1, 0.15) is 27.7 Å². The monoisotopic (exact) mass is 299 g/mol. The molecule has 3 saturated heterocycles. The van der Waals surface area contributed by atoms with Gasteiger partial charge in [0.2, 0.25) is 5.91 Å². The second-order valence-electron chi connectivity index (χ2n) is 5.59. The number of carbonyl (C=O) groups excluding carboxylic acids is 1. The molecule has 112 valence electrons. The van der Waals surface area contributed by atoms with Crippen LogP contribution in [0.15, 0.2) is 0 Å². The Labute approximate surface area is 123 Å². The fourth-order valence-corrected chi connectivity index (χ4v) is 4.76. The molecule has 0 N–H and O–H groups in total. The summed E-state index contributed by atoms with van der Waals surface area (Å²) in [4.78, 5) is 19.9. The highest BCUT2D eigenvalue weighted by molar-refractivity contribution is 8.00. The van der Waals surface area contributed by atoms with Crippen LogP contribution in [0.3, 0.4) is 0 Å². The normalized spacial score (nSPS) is 38.9. The SMILES string of the molecule is C.CON1C(C)(C)OC[C@]12CC1SCC(C#N)N1C2=O. The minimum absolute atomic E-state index is 0. The van der Waals surface area contributed by atoms with Crippen molar-refractivity contribution >= 4 is 17.7 Å². The third-order valence-corrected chi connectivity index (χ3v) is 5.40. The predicted molar refractivity (Wildman–Crippen MR) is 75.5 cm³/mol. The number of carbonyl (C=O) groups is 1. The second kappa shape index (κ2) is 4.88. The van der Waals surface area contributed by atoms with E-state index < -0.39 is 11.3 Å². The Morgan fingerprint density at radius 1 is 1.55 bits per heavy atom. The van der Waals surface area contributed by atoms with Gasteiger partial charge in [-0.25, -0.2) is 0 Å². The first-order valence-corrected chi connectivity index (χ1v) is 7.33. The van der Waals surface area contributed by atoms with Gasteiger partial charge in [0, 0.05) is 12.2 Å². The molecule has 3 heterocycles. The Balaban J connectivity index is 0.00000147. The van der Waals surface area contributed by atoms with Crippen LogP contribution in [0.25, 0.3) is 0 Å². The fourth-order valence-electron chi connectivity index (χ4n) is 3.32. The number of amides is 1. The summed E-state index contributed by atoms with van der Waals surface area (Å²) in [6, 6.07) is 1.88. The van der Waals surface area contributed by atoms with Gasteiger partial charge in [0.25, 0.3) is 0 Å². The van der Waals surface area contributed by atoms with Crippen molar-refractivity contribution in [3.63, 3.8) is 0 Å². The third kappa shape index (κ3) is 1.79. The molecular weight excluding hydrogens is 278 g/mol. The lowest BCUT2D eigenvalue weighted by atomic mass is 9.98. The molecule has 2 unspecified atom stereocenters. The van der Waals surface area contributed by atoms with E-state index in [2.05, 4.69) is 6.07 Å². The quantitative estimate of drug-likeness (QED) is 0.724. The first-order valence-electron chi connectivity index (χ1n) is 6.29. The summed E-state index contributed by atoms with van der Waals surface area (Å²) in [6.07, 6.45) is 0.645. The summed E-state index contributed by atoms with van der Waals surface area (Å²) in [5.41, 5.74) is -1.40. The Morgan fingerprint density at radius 2 is 2.25 bits per heavy atom. The standard InChI is InChI=1S/C12H17N3O3S.CH4/c1-11(2)15(17-3)12(7-18-11)4-9-14(10(12)16)8(5-13)6-19-9;/h8-9H,4,6-7H2,1-3H3;1H4/t8?,9?,12-;/m0./s1. The summed E-state index contributed by atoms with van der Waals surface area (Å²) in [5, 5.41) is 10.9. The molecule has 0 bridgehead atoms. The Morgan fingerprint density at radius 3 is 2.85 bits per heavy atom. The van der Waals surface area contributed by atoms with Crippen LogP contribution in [0, 0.1) is 11.3 Å². The zero-order valence-electron chi connectivity index (χ0n) is 11.3. The van der Waals surface area contributed by atoms with Crippen LogP contribution >= 0.6 is 11.8 Å². The van der Waals surface area contributed by atoms with E-state index in [4.69, 9.17) is 14.8 Å². The van der Waals surface area contributed by atoms with Gasteiger partial charge in [-0.05, 0) is 13.8 Å². The van der Waals surface area contributed by atoms with E-state index in [-0.39, 0.29) is 24.7 Å². The zero-order chi connectivity index (χ0) is 13.8. The number of rotatable bonds is 1. The summed E-state index contributed by atoms with van der Waals surface area (Å²) in [5.74, 6) is 0.654. The first kappa shape index (κ1) is 15.6. The number of thioether (sulfide) groups is 1. The number of hydrogen-bond acceptors (Lipinski definition) is 6. The molecule has 7 heteroatoms. The summed E-state index contributed by atoms with van der Waals surface area (Å²) < 4.78 is 5.75. The zero-order valence-corrected chi connectivity index (χ0v) is 12.1. The molecule has 0 aromatic carbocycles. The summed E-state index contributed by atoms with van der Waals surface area (Å²) >= 11 is 1.67. The highest BCUT2D eigenvalue weighted by Crippen LogP contribution is 2.49. The fraction of sp³-hybridized carbons (Fsp3) is 0.846. The molecule has 0 aliphatic carbocycles. The van der Waals surface area contributed by atoms with E-state index in [1.54, 1.807) is 28.8 Å². The van der Waals surface area contributed by atoms with Crippen LogP contribution in [0.4, 0.5) is 0 Å². The lowest BCUT2D eigenvalue weighted by Crippen LogP contribution is -2.57. The van der Waals surface area contributed by atoms with Gasteiger partial charge in [-0.3, -0.25) is 9.63 Å². The predicted octanol–water partition coefficient (Wildman–Crippen LogP) is 1.19. The lowest BCUT2D eigenvalue weighted by Gasteiger charge is -2.36. The minimum atomic E-state index is -0.772. The van der Waals surface area contributed by atoms with E-state index in [1.807, 2.05) is 13.8 Å². The van der Waals surface area contributed by atoms with Gasteiger partial charge in [-0.2, -0.15) is 5.26 Å². The van der Waals surface area contributed by atoms with E-state index >= 15 is 0 Å². The van der Waals surface area contributed by atoms with Crippen molar-refractivity contribution in [1.29, 1.82) is 5.26 Å². The number of fused-ring (bicyclic) bond motifs is 1. The van der Waals surface area contributed by atoms with E-state index in [0.717, 1.165) is 0 Å². The maximum atomic E-state index is 12.8. The van der Waals surface area contributed by atoms with Gasteiger partial charge in [-0.15, -0.1) is 16.8 Å². The summed E-state index contributed by atoms with van der Waals surface area (Å²) in [6.45, 7) is 4.09. The lowest BCUT2D eigenvalue weighted by molar-refractivity contribution is -0.256. The van der Waals surface area contributed by atoms with Gasteiger partial charge in [0.1, 0.15) is 11.8 Å². The van der Waals surface area contributed by atoms with Crippen LogP contribution < -0.4 is 0 Å².